The summed E-state index contributed by atoms with van der Waals surface area (Å²) in [6.07, 6.45) is 17.2. The quantitative estimate of drug-likeness (QED) is 0.0593. The molecule has 50 heavy (non-hydrogen) atoms. The molecule has 2 unspecified atom stereocenters. The molecule has 1 N–H and O–H groups in total. The van der Waals surface area contributed by atoms with Gasteiger partial charge in [-0.1, -0.05) is 126 Å². The fourth-order valence-electron chi connectivity index (χ4n) is 7.02. The van der Waals surface area contributed by atoms with Crippen LogP contribution in [0.25, 0.3) is 11.0 Å². The van der Waals surface area contributed by atoms with Crippen molar-refractivity contribution in [3.8, 4) is 0 Å². The Morgan fingerprint density at radius 3 is 2.26 bits per heavy atom. The number of amides is 3. The lowest BCUT2D eigenvalue weighted by Gasteiger charge is -2.40. The summed E-state index contributed by atoms with van der Waals surface area (Å²) in [5, 5.41) is 0.715. The van der Waals surface area contributed by atoms with Crippen LogP contribution in [0, 0.1) is 12.8 Å². The van der Waals surface area contributed by atoms with Crippen molar-refractivity contribution < 1.29 is 23.9 Å². The molecule has 1 aliphatic heterocycles. The van der Waals surface area contributed by atoms with Gasteiger partial charge in [0.2, 0.25) is 0 Å². The van der Waals surface area contributed by atoms with E-state index in [9.17, 15) is 14.4 Å². The van der Waals surface area contributed by atoms with Crippen LogP contribution in [0.2, 0.25) is 0 Å². The maximum atomic E-state index is 13.8. The van der Waals surface area contributed by atoms with E-state index in [2.05, 4.69) is 28.0 Å². The van der Waals surface area contributed by atoms with Crippen LogP contribution in [0.5, 0.6) is 0 Å². The number of imidazole rings is 1. The van der Waals surface area contributed by atoms with Crippen molar-refractivity contribution in [2.24, 2.45) is 10.9 Å². The average molecular weight is 705 g/mol. The summed E-state index contributed by atoms with van der Waals surface area (Å²) in [5.41, 5.74) is 5.48. The summed E-state index contributed by atoms with van der Waals surface area (Å²) >= 11 is 1.46. The Morgan fingerprint density at radius 2 is 1.60 bits per heavy atom. The van der Waals surface area contributed by atoms with E-state index in [1.54, 1.807) is 6.92 Å². The van der Waals surface area contributed by atoms with Crippen LogP contribution in [0.3, 0.4) is 0 Å². The first-order valence-corrected chi connectivity index (χ1v) is 19.8. The molecule has 0 saturated heterocycles. The third-order valence-electron chi connectivity index (χ3n) is 9.60. The number of nitrogens with zero attached hydrogens (tertiary/aromatic N) is 3. The molecule has 3 amide bonds. The number of aryl methyl sites for hydroxylation is 2. The maximum Gasteiger partial charge on any atom is 0.418 e. The molecule has 10 heteroatoms. The van der Waals surface area contributed by atoms with Crippen molar-refractivity contribution >= 4 is 47.1 Å². The topological polar surface area (TPSA) is 114 Å². The highest BCUT2D eigenvalue weighted by Gasteiger charge is 2.44. The van der Waals surface area contributed by atoms with E-state index in [-0.39, 0.29) is 19.1 Å². The first kappa shape index (κ1) is 39.1. The largest absolute Gasteiger partial charge is 0.468 e. The third-order valence-corrected chi connectivity index (χ3v) is 10.5. The van der Waals surface area contributed by atoms with Crippen LogP contribution < -0.4 is 0 Å². The van der Waals surface area contributed by atoms with E-state index in [1.165, 1.54) is 87.3 Å². The molecule has 0 bridgehead atoms. The van der Waals surface area contributed by atoms with Crippen LogP contribution in [0.4, 0.5) is 9.59 Å². The van der Waals surface area contributed by atoms with E-state index in [0.29, 0.717) is 29.5 Å². The second-order valence-corrected chi connectivity index (χ2v) is 14.2. The minimum absolute atomic E-state index is 0.129. The zero-order valence-corrected chi connectivity index (χ0v) is 31.1. The van der Waals surface area contributed by atoms with Gasteiger partial charge in [-0.05, 0) is 61.9 Å². The Labute approximate surface area is 302 Å². The van der Waals surface area contributed by atoms with Crippen molar-refractivity contribution in [3.05, 3.63) is 59.2 Å². The number of rotatable bonds is 23. The van der Waals surface area contributed by atoms with Gasteiger partial charge in [-0.2, -0.15) is 0 Å². The SMILES string of the molecule is CCCCCCCCCCCCCCCc1cccc(C)c1C1C(CCOC=O)C(CSc2nc3ccccc3[nH]2)=NC(=O)N1C(=O)OCC. The number of benzene rings is 2. The minimum Gasteiger partial charge on any atom is -0.468 e. The molecule has 0 saturated carbocycles. The Hall–Kier alpha value is -3.66. The molecule has 0 aliphatic carbocycles. The number of imide groups is 1. The zero-order chi connectivity index (χ0) is 35.6. The lowest BCUT2D eigenvalue weighted by molar-refractivity contribution is -0.129. The molecular formula is C40H56N4O5S. The van der Waals surface area contributed by atoms with Crippen molar-refractivity contribution in [2.75, 3.05) is 19.0 Å². The Kier molecular flexibility index (Phi) is 16.9. The fraction of sp³-hybridized carbons (Fsp3) is 0.575. The van der Waals surface area contributed by atoms with Gasteiger partial charge in [0.15, 0.2) is 5.16 Å². The number of aromatic nitrogens is 2. The number of fused-ring (bicyclic) bond motifs is 1. The summed E-state index contributed by atoms with van der Waals surface area (Å²) in [5.74, 6) is -0.00897. The first-order chi connectivity index (χ1) is 24.5. The van der Waals surface area contributed by atoms with Crippen LogP contribution in [-0.2, 0) is 20.7 Å². The number of H-pyrrole nitrogens is 1. The number of thioether (sulfide) groups is 1. The molecule has 1 aliphatic rings. The van der Waals surface area contributed by atoms with Gasteiger partial charge in [-0.25, -0.2) is 24.5 Å². The van der Waals surface area contributed by atoms with Gasteiger partial charge in [0.25, 0.3) is 6.47 Å². The molecule has 2 atom stereocenters. The van der Waals surface area contributed by atoms with Crippen LogP contribution in [0.1, 0.15) is 126 Å². The van der Waals surface area contributed by atoms with E-state index in [0.717, 1.165) is 47.0 Å². The van der Waals surface area contributed by atoms with Crippen molar-refractivity contribution in [1.29, 1.82) is 0 Å². The summed E-state index contributed by atoms with van der Waals surface area (Å²) < 4.78 is 10.6. The molecule has 0 spiro atoms. The van der Waals surface area contributed by atoms with Gasteiger partial charge in [-0.3, -0.25) is 4.79 Å². The number of aromatic amines is 1. The molecule has 0 radical (unpaired) electrons. The first-order valence-electron chi connectivity index (χ1n) is 18.8. The predicted octanol–water partition coefficient (Wildman–Crippen LogP) is 10.6. The third kappa shape index (κ3) is 11.4. The molecule has 9 nitrogen and oxygen atoms in total. The number of carbonyl (C=O) groups excluding carboxylic acids is 3. The molecule has 3 aromatic rings. The number of nitrogens with one attached hydrogen (secondary N) is 1. The summed E-state index contributed by atoms with van der Waals surface area (Å²) in [4.78, 5) is 52.1. The number of hydrogen-bond donors (Lipinski definition) is 1. The smallest absolute Gasteiger partial charge is 0.418 e. The lowest BCUT2D eigenvalue weighted by atomic mass is 9.80. The number of hydrogen-bond acceptors (Lipinski definition) is 7. The van der Waals surface area contributed by atoms with Crippen LogP contribution in [-0.4, -0.2) is 58.1 Å². The lowest BCUT2D eigenvalue weighted by Crippen LogP contribution is -2.49. The summed E-state index contributed by atoms with van der Waals surface area (Å²) in [7, 11) is 0. The average Bonchev–Trinajstić information content (AvgIpc) is 3.53. The fourth-order valence-corrected chi connectivity index (χ4v) is 7.93. The molecule has 0 fully saturated rings. The number of unbranched alkanes of at least 4 members (excludes halogenated alkanes) is 12. The van der Waals surface area contributed by atoms with Crippen LogP contribution in [0.15, 0.2) is 52.6 Å². The highest BCUT2D eigenvalue weighted by molar-refractivity contribution is 7.99. The molecular weight excluding hydrogens is 649 g/mol. The normalized spacial score (nSPS) is 16.1. The van der Waals surface area contributed by atoms with Gasteiger partial charge < -0.3 is 14.5 Å². The number of para-hydroxylation sites is 2. The van der Waals surface area contributed by atoms with Gasteiger partial charge in [-0.15, -0.1) is 0 Å². The molecule has 2 aromatic carbocycles. The maximum absolute atomic E-state index is 13.8. The highest BCUT2D eigenvalue weighted by Crippen LogP contribution is 2.41. The number of ether oxygens (including phenoxy) is 2. The second kappa shape index (κ2) is 21.5. The monoisotopic (exact) mass is 704 g/mol. The molecule has 2 heterocycles. The zero-order valence-electron chi connectivity index (χ0n) is 30.3. The van der Waals surface area contributed by atoms with E-state index in [1.807, 2.05) is 43.3 Å². The van der Waals surface area contributed by atoms with Crippen molar-refractivity contribution in [1.82, 2.24) is 14.9 Å². The number of urea groups is 1. The Balaban J connectivity index is 1.48. The van der Waals surface area contributed by atoms with E-state index in [4.69, 9.17) is 9.47 Å². The standard InChI is InChI=1S/C40H56N4O5S/c1-4-6-7-8-9-10-11-12-13-14-15-16-17-22-31-23-20-21-30(3)36(31)37-32(26-27-48-29-45)35(43-39(46)44(37)40(47)49-5-2)28-50-38-41-33-24-18-19-25-34(33)42-38/h18-21,23-25,29,32,37H,4-17,22,26-28H2,1-3H3,(H,41,42). The summed E-state index contributed by atoms with van der Waals surface area (Å²) in [6.45, 7) is 6.71. The van der Waals surface area contributed by atoms with Gasteiger partial charge in [0.05, 0.1) is 30.3 Å². The molecule has 1 aromatic heterocycles. The second-order valence-electron chi connectivity index (χ2n) is 13.2. The van der Waals surface area contributed by atoms with E-state index >= 15 is 0 Å². The van der Waals surface area contributed by atoms with Gasteiger partial charge >= 0.3 is 12.1 Å². The van der Waals surface area contributed by atoms with Gasteiger partial charge in [0.1, 0.15) is 0 Å². The number of aliphatic imine (C=N–C) groups is 1. The predicted molar refractivity (Wildman–Crippen MR) is 202 cm³/mol. The van der Waals surface area contributed by atoms with Gasteiger partial charge in [0, 0.05) is 17.4 Å². The molecule has 272 valence electrons. The molecule has 4 rings (SSSR count). The van der Waals surface area contributed by atoms with Crippen molar-refractivity contribution in [3.63, 3.8) is 0 Å². The van der Waals surface area contributed by atoms with Crippen molar-refractivity contribution in [2.45, 2.75) is 128 Å². The Morgan fingerprint density at radius 1 is 0.920 bits per heavy atom. The van der Waals surface area contributed by atoms with Crippen LogP contribution >= 0.6 is 11.8 Å². The number of carbonyl (C=O) groups is 3. The summed E-state index contributed by atoms with van der Waals surface area (Å²) in [6, 6.07) is 12.7. The van der Waals surface area contributed by atoms with E-state index < -0.39 is 18.2 Å². The minimum atomic E-state index is -0.716. The highest BCUT2D eigenvalue weighted by atomic mass is 32.2. The Bertz CT molecular complexity index is 1510.